The van der Waals surface area contributed by atoms with Gasteiger partial charge in [-0.3, -0.25) is 14.4 Å². The molecule has 0 saturated carbocycles. The summed E-state index contributed by atoms with van der Waals surface area (Å²) >= 11 is 11.9. The normalized spacial score (nSPS) is 21.7. The molecule has 0 aromatic heterocycles. The number of halogens is 2. The number of aliphatic hydroxyl groups is 3. The zero-order valence-corrected chi connectivity index (χ0v) is 23.3. The molecule has 6 atom stereocenters. The van der Waals surface area contributed by atoms with Crippen LogP contribution in [0, 0.1) is 5.41 Å². The Labute approximate surface area is 232 Å². The molecule has 2 amide bonds. The summed E-state index contributed by atoms with van der Waals surface area (Å²) in [6, 6.07) is 3.82. The predicted molar refractivity (Wildman–Crippen MR) is 142 cm³/mol. The second-order valence-electron chi connectivity index (χ2n) is 10.3. The van der Waals surface area contributed by atoms with E-state index in [0.29, 0.717) is 15.6 Å². The molecule has 0 aliphatic carbocycles. The average Bonchev–Trinajstić information content (AvgIpc) is 3.00. The van der Waals surface area contributed by atoms with Crippen LogP contribution in [-0.2, 0) is 30.3 Å². The van der Waals surface area contributed by atoms with Crippen LogP contribution in [0.1, 0.15) is 39.2 Å². The van der Waals surface area contributed by atoms with Crippen molar-refractivity contribution in [3.05, 3.63) is 46.0 Å². The first-order valence-corrected chi connectivity index (χ1v) is 12.9. The van der Waals surface area contributed by atoms with E-state index in [2.05, 4.69) is 10.6 Å². The van der Waals surface area contributed by atoms with Crippen LogP contribution in [-0.4, -0.2) is 83.3 Å². The highest BCUT2D eigenvalue weighted by molar-refractivity contribution is 6.42. The van der Waals surface area contributed by atoms with Gasteiger partial charge in [0.05, 0.1) is 23.0 Å². The Morgan fingerprint density at radius 2 is 1.84 bits per heavy atom. The van der Waals surface area contributed by atoms with Crippen molar-refractivity contribution in [1.82, 2.24) is 10.6 Å². The van der Waals surface area contributed by atoms with Crippen LogP contribution in [0.2, 0.25) is 10.0 Å². The fourth-order valence-electron chi connectivity index (χ4n) is 3.74. The number of carbonyl (C=O) groups is 3. The van der Waals surface area contributed by atoms with Gasteiger partial charge in [-0.2, -0.15) is 0 Å². The van der Waals surface area contributed by atoms with Crippen LogP contribution in [0.5, 0.6) is 0 Å². The van der Waals surface area contributed by atoms with Crippen LogP contribution in [0.25, 0.3) is 0 Å². The second-order valence-corrected chi connectivity index (χ2v) is 11.1. The second kappa shape index (κ2) is 14.3. The van der Waals surface area contributed by atoms with Gasteiger partial charge in [0.25, 0.3) is 5.91 Å². The minimum absolute atomic E-state index is 0.0337. The third kappa shape index (κ3) is 9.83. The first kappa shape index (κ1) is 32.0. The lowest BCUT2D eigenvalue weighted by atomic mass is 9.94. The van der Waals surface area contributed by atoms with Crippen LogP contribution in [0.3, 0.4) is 0 Å². The molecule has 12 heteroatoms. The summed E-state index contributed by atoms with van der Waals surface area (Å²) in [6.07, 6.45) is -3.73. The van der Waals surface area contributed by atoms with Gasteiger partial charge in [0.1, 0.15) is 30.5 Å². The van der Waals surface area contributed by atoms with Gasteiger partial charge in [0, 0.05) is 7.11 Å². The molecule has 1 saturated heterocycles. The van der Waals surface area contributed by atoms with E-state index in [0.717, 1.165) is 7.11 Å². The third-order valence-electron chi connectivity index (χ3n) is 5.86. The molecule has 1 aromatic carbocycles. The first-order valence-electron chi connectivity index (χ1n) is 12.2. The number of rotatable bonds is 10. The topological polar surface area (TPSA) is 154 Å². The number of ether oxygens (including phenoxy) is 2. The molecule has 1 aliphatic rings. The molecular formula is C26H36Cl2N2O8. The van der Waals surface area contributed by atoms with Crippen LogP contribution in [0.4, 0.5) is 0 Å². The average molecular weight is 575 g/mol. The summed E-state index contributed by atoms with van der Waals surface area (Å²) in [6.45, 7) is 5.73. The molecule has 5 N–H and O–H groups in total. The molecular weight excluding hydrogens is 539 g/mol. The number of nitrogens with one attached hydrogen (secondary N) is 2. The van der Waals surface area contributed by atoms with Gasteiger partial charge in [-0.15, -0.1) is 0 Å². The minimum atomic E-state index is -1.77. The molecule has 1 heterocycles. The Morgan fingerprint density at radius 1 is 1.16 bits per heavy atom. The Hall–Kier alpha value is -2.21. The highest BCUT2D eigenvalue weighted by Gasteiger charge is 2.37. The summed E-state index contributed by atoms with van der Waals surface area (Å²) in [5, 5.41) is 36.8. The van der Waals surface area contributed by atoms with E-state index < -0.39 is 54.3 Å². The number of amides is 2. The van der Waals surface area contributed by atoms with Crippen molar-refractivity contribution in [3.8, 4) is 0 Å². The van der Waals surface area contributed by atoms with Gasteiger partial charge in [-0.25, -0.2) is 0 Å². The summed E-state index contributed by atoms with van der Waals surface area (Å²) in [5.74, 6) is -1.86. The van der Waals surface area contributed by atoms with E-state index in [9.17, 15) is 29.7 Å². The smallest absolute Gasteiger partial charge is 0.310 e. The fraction of sp³-hybridized carbons (Fsp3) is 0.577. The molecule has 0 radical (unpaired) electrons. The van der Waals surface area contributed by atoms with Gasteiger partial charge in [-0.1, -0.05) is 62.2 Å². The maximum atomic E-state index is 12.8. The van der Waals surface area contributed by atoms with E-state index in [1.165, 1.54) is 6.08 Å². The molecule has 1 fully saturated rings. The van der Waals surface area contributed by atoms with Gasteiger partial charge in [-0.05, 0) is 36.0 Å². The van der Waals surface area contributed by atoms with E-state index in [4.69, 9.17) is 32.7 Å². The molecule has 212 valence electrons. The van der Waals surface area contributed by atoms with Crippen molar-refractivity contribution < 1.29 is 39.2 Å². The molecule has 38 heavy (non-hydrogen) atoms. The van der Waals surface area contributed by atoms with Gasteiger partial charge < -0.3 is 35.4 Å². The lowest BCUT2D eigenvalue weighted by Crippen LogP contribution is -2.55. The molecule has 0 unspecified atom stereocenters. The number of methoxy groups -OCH3 is 1. The Morgan fingerprint density at radius 3 is 2.45 bits per heavy atom. The number of benzene rings is 1. The lowest BCUT2D eigenvalue weighted by Gasteiger charge is -2.28. The van der Waals surface area contributed by atoms with Crippen molar-refractivity contribution >= 4 is 41.0 Å². The molecule has 2 rings (SSSR count). The number of carbonyl (C=O) groups excluding carboxylic acids is 3. The van der Waals surface area contributed by atoms with E-state index in [1.54, 1.807) is 24.3 Å². The van der Waals surface area contributed by atoms with Crippen molar-refractivity contribution in [2.75, 3.05) is 13.7 Å². The lowest BCUT2D eigenvalue weighted by molar-refractivity contribution is -0.151. The summed E-state index contributed by atoms with van der Waals surface area (Å²) in [5.41, 5.74) is 0.351. The van der Waals surface area contributed by atoms with Crippen molar-refractivity contribution in [2.45, 2.75) is 76.6 Å². The molecule has 1 aliphatic heterocycles. The Kier molecular flexibility index (Phi) is 12.0. The number of esters is 1. The van der Waals surface area contributed by atoms with Gasteiger partial charge in [0.15, 0.2) is 6.10 Å². The van der Waals surface area contributed by atoms with E-state index in [1.807, 2.05) is 20.8 Å². The quantitative estimate of drug-likeness (QED) is 0.208. The Bertz CT molecular complexity index is 1010. The standard InChI is InChI=1S/C26H36Cl2N2O8/c1-26(2,3)10-9-19(31)21(33)22(34)23(37-4)25(36)30-18-8-6-15(13-29-24(18)35)38-20(32)12-14-5-7-16(27)17(28)11-14/h5,7,9-11,15,18-19,21-23,31,33-34H,6,8,12-13H2,1-4H3,(H,29,35)(H,30,36)/b10-9+/t15-,18+,19-,21+,22-,23-/m1/s1. The molecule has 0 bridgehead atoms. The highest BCUT2D eigenvalue weighted by atomic mass is 35.5. The zero-order chi connectivity index (χ0) is 28.6. The maximum Gasteiger partial charge on any atom is 0.310 e. The molecule has 10 nitrogen and oxygen atoms in total. The number of hydrogen-bond acceptors (Lipinski definition) is 8. The predicted octanol–water partition coefficient (Wildman–Crippen LogP) is 1.54. The summed E-state index contributed by atoms with van der Waals surface area (Å²) in [4.78, 5) is 37.7. The van der Waals surface area contributed by atoms with Crippen LogP contribution in [0.15, 0.2) is 30.4 Å². The van der Waals surface area contributed by atoms with Crippen molar-refractivity contribution in [3.63, 3.8) is 0 Å². The van der Waals surface area contributed by atoms with Crippen LogP contribution < -0.4 is 10.6 Å². The highest BCUT2D eigenvalue weighted by Crippen LogP contribution is 2.23. The third-order valence-corrected chi connectivity index (χ3v) is 6.60. The largest absolute Gasteiger partial charge is 0.460 e. The first-order chi connectivity index (χ1) is 17.7. The number of allylic oxidation sites excluding steroid dienone is 1. The van der Waals surface area contributed by atoms with E-state index in [-0.39, 0.29) is 31.2 Å². The van der Waals surface area contributed by atoms with E-state index >= 15 is 0 Å². The fourth-order valence-corrected chi connectivity index (χ4v) is 4.06. The summed E-state index contributed by atoms with van der Waals surface area (Å²) in [7, 11) is 1.16. The van der Waals surface area contributed by atoms with Gasteiger partial charge in [0.2, 0.25) is 5.91 Å². The zero-order valence-electron chi connectivity index (χ0n) is 21.8. The summed E-state index contributed by atoms with van der Waals surface area (Å²) < 4.78 is 10.6. The maximum absolute atomic E-state index is 12.8. The Balaban J connectivity index is 1.94. The SMILES string of the molecule is CO[C@@H](C(=O)N[C@H]1CC[C@@H](OC(=O)Cc2ccc(Cl)c(Cl)c2)CNC1=O)[C@H](O)[C@@H](O)[C@H](O)/C=C/C(C)(C)C. The number of hydrogen-bond donors (Lipinski definition) is 5. The molecule has 1 aromatic rings. The monoisotopic (exact) mass is 574 g/mol. The van der Waals surface area contributed by atoms with Crippen LogP contribution >= 0.6 is 23.2 Å². The molecule has 0 spiro atoms. The van der Waals surface area contributed by atoms with Crippen molar-refractivity contribution in [2.24, 2.45) is 5.41 Å². The number of aliphatic hydroxyl groups excluding tert-OH is 3. The minimum Gasteiger partial charge on any atom is -0.460 e. The van der Waals surface area contributed by atoms with Crippen molar-refractivity contribution in [1.29, 1.82) is 0 Å². The van der Waals surface area contributed by atoms with Gasteiger partial charge >= 0.3 is 5.97 Å².